The molecule has 0 radical (unpaired) electrons. The Kier molecular flexibility index (Phi) is 4.47. The molecule has 0 unspecified atom stereocenters. The second-order valence-electron chi connectivity index (χ2n) is 7.87. The van der Waals surface area contributed by atoms with Crippen LogP contribution in [-0.2, 0) is 9.31 Å². The molecule has 1 aromatic heterocycles. The number of carbonyl (C=O) groups is 1. The molecule has 130 valence electrons. The third-order valence-corrected chi connectivity index (χ3v) is 5.52. The van der Waals surface area contributed by atoms with Crippen molar-refractivity contribution in [2.75, 3.05) is 13.1 Å². The van der Waals surface area contributed by atoms with Crippen LogP contribution >= 0.6 is 0 Å². The summed E-state index contributed by atoms with van der Waals surface area (Å²) in [6.07, 6.45) is 5.10. The second-order valence-corrected chi connectivity index (χ2v) is 7.87. The van der Waals surface area contributed by atoms with E-state index in [-0.39, 0.29) is 17.1 Å². The molecular weight excluding hydrogens is 303 g/mol. The van der Waals surface area contributed by atoms with Crippen molar-refractivity contribution in [3.63, 3.8) is 0 Å². The molecule has 0 aliphatic carbocycles. The molecule has 1 aromatic rings. The Labute approximate surface area is 144 Å². The van der Waals surface area contributed by atoms with Crippen LogP contribution in [0.2, 0.25) is 0 Å². The summed E-state index contributed by atoms with van der Waals surface area (Å²) in [5.41, 5.74) is 1.61. The first kappa shape index (κ1) is 17.4. The van der Waals surface area contributed by atoms with Crippen LogP contribution in [0.4, 0.5) is 0 Å². The van der Waals surface area contributed by atoms with Crippen LogP contribution in [0.25, 0.3) is 0 Å². The maximum Gasteiger partial charge on any atom is 0.496 e. The average molecular weight is 330 g/mol. The van der Waals surface area contributed by atoms with E-state index in [0.29, 0.717) is 5.69 Å². The van der Waals surface area contributed by atoms with Gasteiger partial charge in [0.15, 0.2) is 0 Å². The van der Waals surface area contributed by atoms with Crippen molar-refractivity contribution < 1.29 is 14.1 Å². The Hall–Kier alpha value is -1.40. The average Bonchev–Trinajstić information content (AvgIpc) is 2.75. The zero-order chi connectivity index (χ0) is 17.5. The van der Waals surface area contributed by atoms with Gasteiger partial charge >= 0.3 is 7.12 Å². The van der Waals surface area contributed by atoms with Crippen LogP contribution in [0.3, 0.4) is 0 Å². The monoisotopic (exact) mass is 330 g/mol. The smallest absolute Gasteiger partial charge is 0.399 e. The summed E-state index contributed by atoms with van der Waals surface area (Å²) in [5.74, 6) is 0.0262. The molecule has 2 aliphatic heterocycles. The van der Waals surface area contributed by atoms with E-state index < -0.39 is 7.12 Å². The number of aromatic nitrogens is 1. The predicted molar refractivity (Wildman–Crippen MR) is 94.4 cm³/mol. The number of hydrogen-bond donors (Lipinski definition) is 0. The summed E-state index contributed by atoms with van der Waals surface area (Å²) < 4.78 is 12.2. The van der Waals surface area contributed by atoms with Gasteiger partial charge in [0, 0.05) is 24.7 Å². The van der Waals surface area contributed by atoms with Crippen LogP contribution in [0.1, 0.15) is 63.0 Å². The molecule has 6 heteroatoms. The highest BCUT2D eigenvalue weighted by Crippen LogP contribution is 2.36. The van der Waals surface area contributed by atoms with Gasteiger partial charge in [-0.1, -0.05) is 0 Å². The quantitative estimate of drug-likeness (QED) is 0.781. The fourth-order valence-corrected chi connectivity index (χ4v) is 3.16. The highest BCUT2D eigenvalue weighted by atomic mass is 16.7. The number of pyridine rings is 1. The molecule has 0 aromatic carbocycles. The van der Waals surface area contributed by atoms with Crippen molar-refractivity contribution in [1.29, 1.82) is 0 Å². The third kappa shape index (κ3) is 3.09. The molecule has 5 nitrogen and oxygen atoms in total. The van der Waals surface area contributed by atoms with E-state index in [1.807, 2.05) is 45.6 Å². The fraction of sp³-hybridized carbons (Fsp3) is 0.667. The molecule has 1 amide bonds. The largest absolute Gasteiger partial charge is 0.496 e. The minimum Gasteiger partial charge on any atom is -0.399 e. The highest BCUT2D eigenvalue weighted by Gasteiger charge is 2.52. The van der Waals surface area contributed by atoms with Gasteiger partial charge in [0.1, 0.15) is 5.69 Å². The van der Waals surface area contributed by atoms with Gasteiger partial charge in [0.2, 0.25) is 0 Å². The van der Waals surface area contributed by atoms with E-state index >= 15 is 0 Å². The van der Waals surface area contributed by atoms with E-state index in [9.17, 15) is 4.79 Å². The molecule has 0 spiro atoms. The number of amides is 1. The number of carbonyl (C=O) groups excluding carboxylic acids is 1. The number of nitrogens with zero attached hydrogens (tertiary/aromatic N) is 2. The van der Waals surface area contributed by atoms with Crippen molar-refractivity contribution in [2.45, 2.75) is 65.1 Å². The third-order valence-electron chi connectivity index (χ3n) is 5.52. The molecule has 2 fully saturated rings. The van der Waals surface area contributed by atoms with Crippen LogP contribution in [-0.4, -0.2) is 47.2 Å². The summed E-state index contributed by atoms with van der Waals surface area (Å²) in [6, 6.07) is 1.86. The summed E-state index contributed by atoms with van der Waals surface area (Å²) in [7, 11) is -0.443. The van der Waals surface area contributed by atoms with Gasteiger partial charge in [0.25, 0.3) is 5.91 Å². The first-order valence-electron chi connectivity index (χ1n) is 8.83. The Morgan fingerprint density at radius 1 is 1.12 bits per heavy atom. The zero-order valence-electron chi connectivity index (χ0n) is 15.4. The van der Waals surface area contributed by atoms with E-state index in [4.69, 9.17) is 9.31 Å². The summed E-state index contributed by atoms with van der Waals surface area (Å²) in [6.45, 7) is 11.8. The molecule has 0 N–H and O–H groups in total. The lowest BCUT2D eigenvalue weighted by atomic mass is 9.77. The molecule has 3 heterocycles. The van der Waals surface area contributed by atoms with Gasteiger partial charge in [-0.3, -0.25) is 9.78 Å². The number of hydrogen-bond acceptors (Lipinski definition) is 4. The predicted octanol–water partition coefficient (Wildman–Crippen LogP) is 2.32. The van der Waals surface area contributed by atoms with Crippen molar-refractivity contribution in [1.82, 2.24) is 9.88 Å². The maximum absolute atomic E-state index is 12.6. The SMILES string of the molecule is Cc1cc(C(=O)N2CCCCC2)ncc1B1OC(C)(C)C(C)(C)O1. The Bertz CT molecular complexity index is 623. The second kappa shape index (κ2) is 6.15. The molecule has 0 atom stereocenters. The van der Waals surface area contributed by atoms with Crippen LogP contribution in [0, 0.1) is 6.92 Å². The van der Waals surface area contributed by atoms with Gasteiger partial charge < -0.3 is 14.2 Å². The first-order valence-corrected chi connectivity index (χ1v) is 8.83. The van der Waals surface area contributed by atoms with Crippen molar-refractivity contribution in [2.24, 2.45) is 0 Å². The van der Waals surface area contributed by atoms with Crippen molar-refractivity contribution >= 4 is 18.5 Å². The minimum atomic E-state index is -0.443. The van der Waals surface area contributed by atoms with Crippen molar-refractivity contribution in [3.05, 3.63) is 23.5 Å². The summed E-state index contributed by atoms with van der Waals surface area (Å²) in [5, 5.41) is 0. The molecule has 0 bridgehead atoms. The van der Waals surface area contributed by atoms with E-state index in [2.05, 4.69) is 4.98 Å². The lowest BCUT2D eigenvalue weighted by molar-refractivity contribution is 0.00578. The fourth-order valence-electron chi connectivity index (χ4n) is 3.16. The van der Waals surface area contributed by atoms with Gasteiger partial charge in [-0.05, 0) is 65.5 Å². The minimum absolute atomic E-state index is 0.0262. The topological polar surface area (TPSA) is 51.7 Å². The van der Waals surface area contributed by atoms with Gasteiger partial charge in [-0.15, -0.1) is 0 Å². The maximum atomic E-state index is 12.6. The van der Waals surface area contributed by atoms with Crippen LogP contribution in [0.15, 0.2) is 12.3 Å². The number of rotatable bonds is 2. The Morgan fingerprint density at radius 3 is 2.25 bits per heavy atom. The molecular formula is C18H27BN2O3. The Morgan fingerprint density at radius 2 is 1.71 bits per heavy atom. The number of aryl methyl sites for hydroxylation is 1. The molecule has 24 heavy (non-hydrogen) atoms. The van der Waals surface area contributed by atoms with Gasteiger partial charge in [0.05, 0.1) is 11.2 Å². The lowest BCUT2D eigenvalue weighted by Gasteiger charge is -2.32. The lowest BCUT2D eigenvalue weighted by Crippen LogP contribution is -2.41. The molecule has 3 rings (SSSR count). The van der Waals surface area contributed by atoms with Crippen molar-refractivity contribution in [3.8, 4) is 0 Å². The number of piperidine rings is 1. The molecule has 2 saturated heterocycles. The van der Waals surface area contributed by atoms with Crippen LogP contribution < -0.4 is 5.46 Å². The van der Waals surface area contributed by atoms with E-state index in [1.165, 1.54) is 6.42 Å². The summed E-state index contributed by atoms with van der Waals surface area (Å²) in [4.78, 5) is 18.9. The number of likely N-dealkylation sites (tertiary alicyclic amines) is 1. The molecule has 2 aliphatic rings. The van der Waals surface area contributed by atoms with Gasteiger partial charge in [-0.25, -0.2) is 0 Å². The standard InChI is InChI=1S/C18H27BN2O3/c1-13-11-15(16(22)21-9-7-6-8-10-21)20-12-14(13)19-23-17(2,3)18(4,5)24-19/h11-12H,6-10H2,1-5H3. The highest BCUT2D eigenvalue weighted by molar-refractivity contribution is 6.62. The zero-order valence-corrected chi connectivity index (χ0v) is 15.4. The van der Waals surface area contributed by atoms with E-state index in [1.54, 1.807) is 6.20 Å². The van der Waals surface area contributed by atoms with Gasteiger partial charge in [-0.2, -0.15) is 0 Å². The first-order chi connectivity index (χ1) is 11.2. The Balaban J connectivity index is 1.79. The molecule has 0 saturated carbocycles. The van der Waals surface area contributed by atoms with E-state index in [0.717, 1.165) is 37.0 Å². The summed E-state index contributed by atoms with van der Waals surface area (Å²) >= 11 is 0. The normalized spacial score (nSPS) is 22.7. The van der Waals surface area contributed by atoms with Crippen LogP contribution in [0.5, 0.6) is 0 Å².